The SMILES string of the molecule is Cc1ccc(-c2ccc(C(=O)N(C)C3CCS(=O)CC3)s2)o1. The highest BCUT2D eigenvalue weighted by Gasteiger charge is 2.26. The number of amides is 1. The van der Waals surface area contributed by atoms with Crippen LogP contribution in [0.5, 0.6) is 0 Å². The van der Waals surface area contributed by atoms with E-state index in [-0.39, 0.29) is 11.9 Å². The quantitative estimate of drug-likeness (QED) is 0.863. The van der Waals surface area contributed by atoms with Gasteiger partial charge in [0, 0.05) is 35.4 Å². The van der Waals surface area contributed by atoms with Crippen LogP contribution in [0.15, 0.2) is 28.7 Å². The second-order valence-electron chi connectivity index (χ2n) is 5.57. The van der Waals surface area contributed by atoms with Crippen LogP contribution in [-0.4, -0.2) is 39.6 Å². The molecule has 0 unspecified atom stereocenters. The monoisotopic (exact) mass is 337 g/mol. The Morgan fingerprint density at radius 1 is 1.27 bits per heavy atom. The molecule has 1 fully saturated rings. The van der Waals surface area contributed by atoms with Crippen LogP contribution in [0, 0.1) is 6.92 Å². The third-order valence-electron chi connectivity index (χ3n) is 4.03. The molecule has 1 saturated heterocycles. The lowest BCUT2D eigenvalue weighted by molar-refractivity contribution is 0.0727. The van der Waals surface area contributed by atoms with Gasteiger partial charge in [-0.1, -0.05) is 0 Å². The van der Waals surface area contributed by atoms with Crippen LogP contribution in [0.2, 0.25) is 0 Å². The van der Waals surface area contributed by atoms with E-state index in [4.69, 9.17) is 4.42 Å². The van der Waals surface area contributed by atoms with Gasteiger partial charge in [-0.2, -0.15) is 0 Å². The van der Waals surface area contributed by atoms with Crippen molar-refractivity contribution in [1.29, 1.82) is 0 Å². The van der Waals surface area contributed by atoms with Crippen molar-refractivity contribution in [1.82, 2.24) is 4.90 Å². The van der Waals surface area contributed by atoms with Gasteiger partial charge in [-0.15, -0.1) is 11.3 Å². The molecule has 0 atom stereocenters. The van der Waals surface area contributed by atoms with Gasteiger partial charge in [-0.25, -0.2) is 0 Å². The minimum absolute atomic E-state index is 0.0391. The summed E-state index contributed by atoms with van der Waals surface area (Å²) in [6.45, 7) is 1.91. The third-order valence-corrected chi connectivity index (χ3v) is 6.50. The summed E-state index contributed by atoms with van der Waals surface area (Å²) in [5.41, 5.74) is 0. The molecule has 3 rings (SSSR count). The number of rotatable bonds is 3. The molecule has 118 valence electrons. The van der Waals surface area contributed by atoms with Crippen molar-refractivity contribution in [2.24, 2.45) is 0 Å². The second-order valence-corrected chi connectivity index (χ2v) is 8.35. The first kappa shape index (κ1) is 15.5. The molecule has 22 heavy (non-hydrogen) atoms. The van der Waals surface area contributed by atoms with Crippen molar-refractivity contribution in [2.45, 2.75) is 25.8 Å². The lowest BCUT2D eigenvalue weighted by Crippen LogP contribution is -2.40. The molecule has 1 aliphatic heterocycles. The smallest absolute Gasteiger partial charge is 0.263 e. The van der Waals surface area contributed by atoms with Crippen molar-refractivity contribution in [2.75, 3.05) is 18.6 Å². The fourth-order valence-corrected chi connectivity index (χ4v) is 4.89. The fraction of sp³-hybridized carbons (Fsp3) is 0.438. The molecular formula is C16H19NO3S2. The maximum Gasteiger partial charge on any atom is 0.263 e. The number of carbonyl (C=O) groups excluding carboxylic acids is 1. The highest BCUT2D eigenvalue weighted by molar-refractivity contribution is 7.85. The number of thiophene rings is 1. The molecule has 0 bridgehead atoms. The largest absolute Gasteiger partial charge is 0.461 e. The standard InChI is InChI=1S/C16H19NO3S2/c1-11-3-4-13(20-11)14-5-6-15(21-14)16(18)17(2)12-7-9-22(19)10-8-12/h3-6,12H,7-10H2,1-2H3. The number of furan rings is 1. The molecule has 2 aromatic rings. The number of hydrogen-bond donors (Lipinski definition) is 0. The molecule has 2 aromatic heterocycles. The Bertz CT molecular complexity index is 694. The highest BCUT2D eigenvalue weighted by Crippen LogP contribution is 2.30. The lowest BCUT2D eigenvalue weighted by Gasteiger charge is -2.30. The second kappa shape index (κ2) is 6.38. The normalized spacial score (nSPS) is 21.7. The van der Waals surface area contributed by atoms with Gasteiger partial charge in [-0.3, -0.25) is 9.00 Å². The number of nitrogens with zero attached hydrogens (tertiary/aromatic N) is 1. The topological polar surface area (TPSA) is 50.5 Å². The van der Waals surface area contributed by atoms with E-state index in [0.29, 0.717) is 11.5 Å². The molecule has 0 aliphatic carbocycles. The molecule has 3 heterocycles. The maximum atomic E-state index is 12.6. The number of hydrogen-bond acceptors (Lipinski definition) is 4. The van der Waals surface area contributed by atoms with Gasteiger partial charge >= 0.3 is 0 Å². The van der Waals surface area contributed by atoms with Crippen LogP contribution in [0.25, 0.3) is 10.6 Å². The van der Waals surface area contributed by atoms with Crippen molar-refractivity contribution in [3.8, 4) is 10.6 Å². The first-order valence-electron chi connectivity index (χ1n) is 7.33. The summed E-state index contributed by atoms with van der Waals surface area (Å²) >= 11 is 1.46. The summed E-state index contributed by atoms with van der Waals surface area (Å²) in [6.07, 6.45) is 1.65. The van der Waals surface area contributed by atoms with Gasteiger partial charge in [0.1, 0.15) is 11.5 Å². The average Bonchev–Trinajstić information content (AvgIpc) is 3.15. The number of carbonyl (C=O) groups is 1. The summed E-state index contributed by atoms with van der Waals surface area (Å²) in [6, 6.07) is 7.83. The van der Waals surface area contributed by atoms with Crippen LogP contribution >= 0.6 is 11.3 Å². The van der Waals surface area contributed by atoms with Crippen molar-refractivity contribution in [3.63, 3.8) is 0 Å². The van der Waals surface area contributed by atoms with Crippen LogP contribution in [0.4, 0.5) is 0 Å². The molecule has 0 spiro atoms. The molecule has 0 N–H and O–H groups in total. The first-order chi connectivity index (χ1) is 10.5. The van der Waals surface area contributed by atoms with E-state index in [1.807, 2.05) is 38.2 Å². The predicted molar refractivity (Wildman–Crippen MR) is 89.7 cm³/mol. The van der Waals surface area contributed by atoms with E-state index in [1.165, 1.54) is 11.3 Å². The van der Waals surface area contributed by atoms with Crippen LogP contribution < -0.4 is 0 Å². The molecule has 4 nitrogen and oxygen atoms in total. The Hall–Kier alpha value is -1.40. The Morgan fingerprint density at radius 2 is 2.00 bits per heavy atom. The van der Waals surface area contributed by atoms with Gasteiger partial charge in [0.05, 0.1) is 9.75 Å². The van der Waals surface area contributed by atoms with Crippen molar-refractivity contribution < 1.29 is 13.4 Å². The van der Waals surface area contributed by atoms with Gasteiger partial charge in [0.25, 0.3) is 5.91 Å². The van der Waals surface area contributed by atoms with E-state index in [1.54, 1.807) is 4.90 Å². The van der Waals surface area contributed by atoms with E-state index < -0.39 is 10.8 Å². The Kier molecular flexibility index (Phi) is 4.49. The van der Waals surface area contributed by atoms with E-state index in [2.05, 4.69) is 0 Å². The summed E-state index contributed by atoms with van der Waals surface area (Å²) in [5.74, 6) is 3.10. The van der Waals surface area contributed by atoms with Crippen molar-refractivity contribution >= 4 is 28.0 Å². The Balaban J connectivity index is 1.72. The van der Waals surface area contributed by atoms with Gasteiger partial charge in [0.15, 0.2) is 0 Å². The molecule has 0 saturated carbocycles. The van der Waals surface area contributed by atoms with Gasteiger partial charge in [0.2, 0.25) is 0 Å². The summed E-state index contributed by atoms with van der Waals surface area (Å²) < 4.78 is 17.0. The van der Waals surface area contributed by atoms with E-state index in [0.717, 1.165) is 34.1 Å². The molecule has 1 aliphatic rings. The fourth-order valence-electron chi connectivity index (χ4n) is 2.66. The zero-order chi connectivity index (χ0) is 15.7. The van der Waals surface area contributed by atoms with E-state index in [9.17, 15) is 9.00 Å². The molecular weight excluding hydrogens is 318 g/mol. The van der Waals surface area contributed by atoms with Gasteiger partial charge < -0.3 is 9.32 Å². The molecule has 6 heteroatoms. The van der Waals surface area contributed by atoms with E-state index >= 15 is 0 Å². The minimum Gasteiger partial charge on any atom is -0.461 e. The molecule has 0 radical (unpaired) electrons. The average molecular weight is 337 g/mol. The third kappa shape index (κ3) is 3.17. The maximum absolute atomic E-state index is 12.6. The first-order valence-corrected chi connectivity index (χ1v) is 9.64. The highest BCUT2D eigenvalue weighted by atomic mass is 32.2. The van der Waals surface area contributed by atoms with Crippen LogP contribution in [0.3, 0.4) is 0 Å². The zero-order valence-corrected chi connectivity index (χ0v) is 14.3. The summed E-state index contributed by atoms with van der Waals surface area (Å²) in [7, 11) is 1.14. The Labute approximate surface area is 136 Å². The summed E-state index contributed by atoms with van der Waals surface area (Å²) in [4.78, 5) is 16.1. The zero-order valence-electron chi connectivity index (χ0n) is 12.7. The Morgan fingerprint density at radius 3 is 2.64 bits per heavy atom. The van der Waals surface area contributed by atoms with Crippen LogP contribution in [-0.2, 0) is 10.8 Å². The summed E-state index contributed by atoms with van der Waals surface area (Å²) in [5, 5.41) is 0. The molecule has 1 amide bonds. The minimum atomic E-state index is -0.701. The predicted octanol–water partition coefficient (Wildman–Crippen LogP) is 3.30. The van der Waals surface area contributed by atoms with Crippen LogP contribution in [0.1, 0.15) is 28.3 Å². The molecule has 0 aromatic carbocycles. The lowest BCUT2D eigenvalue weighted by atomic mass is 10.1. The van der Waals surface area contributed by atoms with Gasteiger partial charge in [-0.05, 0) is 44.0 Å². The number of aryl methyl sites for hydroxylation is 1. The van der Waals surface area contributed by atoms with Crippen molar-refractivity contribution in [3.05, 3.63) is 34.9 Å².